The Hall–Kier alpha value is -2.15. The van der Waals surface area contributed by atoms with E-state index in [9.17, 15) is 14.3 Å². The summed E-state index contributed by atoms with van der Waals surface area (Å²) in [4.78, 5) is 16.4. The molecule has 1 N–H and O–H groups in total. The molecule has 3 rings (SSSR count). The number of aliphatic hydroxyl groups is 1. The molecule has 0 spiro atoms. The molecule has 27 heavy (non-hydrogen) atoms. The highest BCUT2D eigenvalue weighted by Crippen LogP contribution is 2.16. The summed E-state index contributed by atoms with van der Waals surface area (Å²) in [5, 5.41) is 10.7. The quantitative estimate of drug-likeness (QED) is 0.821. The van der Waals surface area contributed by atoms with Crippen molar-refractivity contribution in [2.24, 2.45) is 0 Å². The number of halogens is 2. The fourth-order valence-electron chi connectivity index (χ4n) is 3.04. The van der Waals surface area contributed by atoms with Gasteiger partial charge in [-0.05, 0) is 30.3 Å². The zero-order valence-electron chi connectivity index (χ0n) is 14.9. The Labute approximate surface area is 162 Å². The third kappa shape index (κ3) is 5.42. The zero-order chi connectivity index (χ0) is 19.2. The van der Waals surface area contributed by atoms with Crippen molar-refractivity contribution in [3.63, 3.8) is 0 Å². The molecule has 0 radical (unpaired) electrons. The lowest BCUT2D eigenvalue weighted by atomic mass is 10.2. The monoisotopic (exact) mass is 392 g/mol. The number of hydrogen-bond acceptors (Lipinski definition) is 4. The van der Waals surface area contributed by atoms with Crippen molar-refractivity contribution in [2.45, 2.75) is 6.10 Å². The lowest BCUT2D eigenvalue weighted by molar-refractivity contribution is 0.0398. The van der Waals surface area contributed by atoms with Gasteiger partial charge in [0.15, 0.2) is 11.6 Å². The molecule has 1 fully saturated rings. The maximum atomic E-state index is 13.5. The number of benzene rings is 2. The number of nitrogens with zero attached hydrogens (tertiary/aromatic N) is 2. The topological polar surface area (TPSA) is 53.0 Å². The van der Waals surface area contributed by atoms with Gasteiger partial charge in [-0.3, -0.25) is 9.69 Å². The average Bonchev–Trinajstić information content (AvgIpc) is 2.67. The van der Waals surface area contributed by atoms with E-state index in [4.69, 9.17) is 16.3 Å². The Bertz CT molecular complexity index is 781. The molecular formula is C20H22ClFN2O3. The van der Waals surface area contributed by atoms with Gasteiger partial charge in [0.05, 0.1) is 0 Å². The number of carbonyl (C=O) groups is 1. The first-order chi connectivity index (χ1) is 13.0. The Morgan fingerprint density at radius 1 is 1.15 bits per heavy atom. The molecule has 1 atom stereocenters. The number of β-amino-alcohol motifs (C(OH)–C–C–N with tert-alkyl or cyclic N) is 1. The normalized spacial score (nSPS) is 16.2. The number of carbonyl (C=O) groups excluding carboxylic acids is 1. The van der Waals surface area contributed by atoms with Gasteiger partial charge in [-0.15, -0.1) is 0 Å². The molecular weight excluding hydrogens is 371 g/mol. The molecule has 0 aromatic heterocycles. The van der Waals surface area contributed by atoms with Crippen molar-refractivity contribution in [3.8, 4) is 5.75 Å². The second-order valence-electron chi connectivity index (χ2n) is 6.50. The molecule has 2 aromatic rings. The molecule has 0 aliphatic carbocycles. The summed E-state index contributed by atoms with van der Waals surface area (Å²) in [5.74, 6) is -0.355. The summed E-state index contributed by atoms with van der Waals surface area (Å²) >= 11 is 5.95. The molecule has 144 valence electrons. The Morgan fingerprint density at radius 2 is 1.89 bits per heavy atom. The maximum Gasteiger partial charge on any atom is 0.253 e. The van der Waals surface area contributed by atoms with Crippen LogP contribution >= 0.6 is 11.6 Å². The van der Waals surface area contributed by atoms with Gasteiger partial charge in [-0.2, -0.15) is 0 Å². The predicted octanol–water partition coefficient (Wildman–Crippen LogP) is 2.68. The molecule has 1 amide bonds. The van der Waals surface area contributed by atoms with Crippen LogP contribution in [0.4, 0.5) is 4.39 Å². The summed E-state index contributed by atoms with van der Waals surface area (Å²) in [7, 11) is 0. The summed E-state index contributed by atoms with van der Waals surface area (Å²) in [6.45, 7) is 2.89. The van der Waals surface area contributed by atoms with E-state index >= 15 is 0 Å². The van der Waals surface area contributed by atoms with Gasteiger partial charge >= 0.3 is 0 Å². The molecule has 1 aliphatic rings. The number of hydrogen-bond donors (Lipinski definition) is 1. The average molecular weight is 393 g/mol. The van der Waals surface area contributed by atoms with Crippen LogP contribution in [0.15, 0.2) is 48.5 Å². The van der Waals surface area contributed by atoms with Gasteiger partial charge in [0.2, 0.25) is 0 Å². The smallest absolute Gasteiger partial charge is 0.253 e. The lowest BCUT2D eigenvalue weighted by Crippen LogP contribution is -2.51. The van der Waals surface area contributed by atoms with Crippen LogP contribution in [0.3, 0.4) is 0 Å². The highest BCUT2D eigenvalue weighted by atomic mass is 35.5. The minimum atomic E-state index is -0.736. The van der Waals surface area contributed by atoms with Crippen molar-refractivity contribution >= 4 is 17.5 Å². The van der Waals surface area contributed by atoms with E-state index in [-0.39, 0.29) is 18.3 Å². The summed E-state index contributed by atoms with van der Waals surface area (Å²) < 4.78 is 18.9. The summed E-state index contributed by atoms with van der Waals surface area (Å²) in [5.41, 5.74) is 0.578. The number of ether oxygens (including phenoxy) is 1. The van der Waals surface area contributed by atoms with E-state index in [1.54, 1.807) is 41.3 Å². The first-order valence-corrected chi connectivity index (χ1v) is 9.23. The number of amides is 1. The van der Waals surface area contributed by atoms with Crippen LogP contribution in [-0.4, -0.2) is 66.2 Å². The largest absolute Gasteiger partial charge is 0.488 e. The van der Waals surface area contributed by atoms with Crippen LogP contribution in [0.2, 0.25) is 5.02 Å². The second-order valence-corrected chi connectivity index (χ2v) is 6.93. The van der Waals surface area contributed by atoms with Crippen molar-refractivity contribution in [1.82, 2.24) is 9.80 Å². The minimum absolute atomic E-state index is 0.0165. The van der Waals surface area contributed by atoms with Gasteiger partial charge < -0.3 is 14.7 Å². The SMILES string of the molecule is O=C(c1cccc(Cl)c1)N1CCN(CC(O)COc2ccccc2F)CC1. The molecule has 5 nitrogen and oxygen atoms in total. The van der Waals surface area contributed by atoms with Crippen molar-refractivity contribution < 1.29 is 19.0 Å². The van der Waals surface area contributed by atoms with Crippen molar-refractivity contribution in [1.29, 1.82) is 0 Å². The standard InChI is InChI=1S/C20H22ClFN2O3/c21-16-5-3-4-15(12-16)20(26)24-10-8-23(9-11-24)13-17(25)14-27-19-7-2-1-6-18(19)22/h1-7,12,17,25H,8-11,13-14H2. The van der Waals surface area contributed by atoms with Crippen LogP contribution in [0.25, 0.3) is 0 Å². The van der Waals surface area contributed by atoms with Gasteiger partial charge in [0.1, 0.15) is 12.7 Å². The van der Waals surface area contributed by atoms with Gasteiger partial charge in [0.25, 0.3) is 5.91 Å². The molecule has 1 heterocycles. The Balaban J connectivity index is 1.44. The van der Waals surface area contributed by atoms with Crippen LogP contribution in [0, 0.1) is 5.82 Å². The number of para-hydroxylation sites is 1. The van der Waals surface area contributed by atoms with E-state index in [0.29, 0.717) is 43.3 Å². The molecule has 2 aromatic carbocycles. The van der Waals surface area contributed by atoms with Crippen LogP contribution in [0.5, 0.6) is 5.75 Å². The van der Waals surface area contributed by atoms with E-state index in [0.717, 1.165) is 0 Å². The molecule has 7 heteroatoms. The third-order valence-corrected chi connectivity index (χ3v) is 4.70. The van der Waals surface area contributed by atoms with Gasteiger partial charge in [-0.1, -0.05) is 29.8 Å². The van der Waals surface area contributed by atoms with E-state index in [1.807, 2.05) is 0 Å². The van der Waals surface area contributed by atoms with Crippen LogP contribution < -0.4 is 4.74 Å². The Kier molecular flexibility index (Phi) is 6.66. The number of piperazine rings is 1. The van der Waals surface area contributed by atoms with E-state index in [2.05, 4.69) is 4.90 Å². The molecule has 0 saturated carbocycles. The van der Waals surface area contributed by atoms with Crippen LogP contribution in [0.1, 0.15) is 10.4 Å². The van der Waals surface area contributed by atoms with E-state index < -0.39 is 11.9 Å². The molecule has 1 saturated heterocycles. The third-order valence-electron chi connectivity index (χ3n) is 4.47. The predicted molar refractivity (Wildman–Crippen MR) is 102 cm³/mol. The van der Waals surface area contributed by atoms with Gasteiger partial charge in [0, 0.05) is 43.3 Å². The maximum absolute atomic E-state index is 13.5. The van der Waals surface area contributed by atoms with E-state index in [1.165, 1.54) is 12.1 Å². The first-order valence-electron chi connectivity index (χ1n) is 8.85. The zero-order valence-corrected chi connectivity index (χ0v) is 15.6. The Morgan fingerprint density at radius 3 is 2.59 bits per heavy atom. The number of aliphatic hydroxyl groups excluding tert-OH is 1. The minimum Gasteiger partial charge on any atom is -0.488 e. The fraction of sp³-hybridized carbons (Fsp3) is 0.350. The molecule has 1 aliphatic heterocycles. The van der Waals surface area contributed by atoms with Gasteiger partial charge in [-0.25, -0.2) is 4.39 Å². The highest BCUT2D eigenvalue weighted by molar-refractivity contribution is 6.30. The first kappa shape index (κ1) is 19.6. The molecule has 1 unspecified atom stereocenters. The van der Waals surface area contributed by atoms with Crippen molar-refractivity contribution in [3.05, 3.63) is 64.9 Å². The lowest BCUT2D eigenvalue weighted by Gasteiger charge is -2.35. The summed E-state index contributed by atoms with van der Waals surface area (Å²) in [6.07, 6.45) is -0.736. The second kappa shape index (κ2) is 9.17. The number of rotatable bonds is 6. The summed E-state index contributed by atoms with van der Waals surface area (Å²) in [6, 6.07) is 13.0. The highest BCUT2D eigenvalue weighted by Gasteiger charge is 2.23. The van der Waals surface area contributed by atoms with Crippen LogP contribution in [-0.2, 0) is 0 Å². The van der Waals surface area contributed by atoms with Crippen molar-refractivity contribution in [2.75, 3.05) is 39.3 Å². The fourth-order valence-corrected chi connectivity index (χ4v) is 3.23. The molecule has 0 bridgehead atoms.